The van der Waals surface area contributed by atoms with Crippen LogP contribution in [0.5, 0.6) is 0 Å². The van der Waals surface area contributed by atoms with Gasteiger partial charge in [0.15, 0.2) is 0 Å². The molecule has 0 aromatic carbocycles. The van der Waals surface area contributed by atoms with Crippen LogP contribution < -0.4 is 10.6 Å². The Labute approximate surface area is 123 Å². The molecule has 1 amide bonds. The molecular weight excluding hydrogens is 254 g/mol. The van der Waals surface area contributed by atoms with Crippen LogP contribution in [0.25, 0.3) is 0 Å². The molecule has 0 aromatic rings. The van der Waals surface area contributed by atoms with Crippen LogP contribution >= 0.6 is 0 Å². The molecule has 1 unspecified atom stereocenters. The van der Waals surface area contributed by atoms with E-state index in [1.54, 1.807) is 0 Å². The monoisotopic (exact) mass is 285 g/mol. The van der Waals surface area contributed by atoms with E-state index in [4.69, 9.17) is 4.74 Å². The van der Waals surface area contributed by atoms with Gasteiger partial charge in [-0.2, -0.15) is 0 Å². The first-order valence-corrected chi connectivity index (χ1v) is 7.96. The average molecular weight is 285 g/mol. The molecule has 5 nitrogen and oxygen atoms in total. The molecule has 1 fully saturated rings. The van der Waals surface area contributed by atoms with E-state index >= 15 is 0 Å². The van der Waals surface area contributed by atoms with E-state index in [1.807, 2.05) is 13.8 Å². The molecule has 0 radical (unpaired) electrons. The summed E-state index contributed by atoms with van der Waals surface area (Å²) in [6.45, 7) is 11.1. The molecule has 5 heteroatoms. The van der Waals surface area contributed by atoms with Gasteiger partial charge in [-0.25, -0.2) is 0 Å². The molecule has 1 saturated heterocycles. The molecule has 1 aliphatic heterocycles. The number of hydrogen-bond acceptors (Lipinski definition) is 4. The van der Waals surface area contributed by atoms with Crippen LogP contribution in [-0.4, -0.2) is 62.3 Å². The summed E-state index contributed by atoms with van der Waals surface area (Å²) < 4.78 is 5.45. The highest BCUT2D eigenvalue weighted by molar-refractivity contribution is 5.78. The number of nitrogens with zero attached hydrogens (tertiary/aromatic N) is 1. The van der Waals surface area contributed by atoms with E-state index in [0.29, 0.717) is 25.7 Å². The van der Waals surface area contributed by atoms with Crippen LogP contribution in [0.4, 0.5) is 0 Å². The predicted molar refractivity (Wildman–Crippen MR) is 81.9 cm³/mol. The Morgan fingerprint density at radius 1 is 1.50 bits per heavy atom. The number of carbonyl (C=O) groups is 1. The van der Waals surface area contributed by atoms with Crippen molar-refractivity contribution in [2.24, 2.45) is 0 Å². The minimum absolute atomic E-state index is 0.127. The number of piperidine rings is 1. The summed E-state index contributed by atoms with van der Waals surface area (Å²) in [7, 11) is 0. The van der Waals surface area contributed by atoms with Crippen LogP contribution in [0, 0.1) is 0 Å². The standard InChI is InChI=1S/C15H31N3O2/c1-4-18(14-7-5-8-16-11-14)12-15(19)17-9-6-10-20-13(2)3/h13-14,16H,4-12H2,1-3H3,(H,17,19). The fourth-order valence-electron chi connectivity index (χ4n) is 2.50. The number of likely N-dealkylation sites (N-methyl/N-ethyl adjacent to an activating group) is 1. The fourth-order valence-corrected chi connectivity index (χ4v) is 2.50. The Morgan fingerprint density at radius 3 is 2.90 bits per heavy atom. The lowest BCUT2D eigenvalue weighted by molar-refractivity contribution is -0.122. The predicted octanol–water partition coefficient (Wildman–Crippen LogP) is 0.992. The number of ether oxygens (including phenoxy) is 1. The highest BCUT2D eigenvalue weighted by Gasteiger charge is 2.21. The quantitative estimate of drug-likeness (QED) is 0.620. The van der Waals surface area contributed by atoms with E-state index < -0.39 is 0 Å². The Hall–Kier alpha value is -0.650. The van der Waals surface area contributed by atoms with Crippen molar-refractivity contribution in [3.63, 3.8) is 0 Å². The summed E-state index contributed by atoms with van der Waals surface area (Å²) in [4.78, 5) is 14.2. The Morgan fingerprint density at radius 2 is 2.30 bits per heavy atom. The zero-order valence-electron chi connectivity index (χ0n) is 13.3. The van der Waals surface area contributed by atoms with Gasteiger partial charge in [0.2, 0.25) is 5.91 Å². The van der Waals surface area contributed by atoms with Gasteiger partial charge in [0.25, 0.3) is 0 Å². The van der Waals surface area contributed by atoms with Crippen LogP contribution in [0.3, 0.4) is 0 Å². The van der Waals surface area contributed by atoms with Gasteiger partial charge in [-0.3, -0.25) is 9.69 Å². The van der Waals surface area contributed by atoms with Crippen molar-refractivity contribution in [1.82, 2.24) is 15.5 Å². The first-order valence-electron chi connectivity index (χ1n) is 7.96. The minimum atomic E-state index is 0.127. The maximum Gasteiger partial charge on any atom is 0.234 e. The molecule has 1 rings (SSSR count). The van der Waals surface area contributed by atoms with Crippen molar-refractivity contribution in [3.05, 3.63) is 0 Å². The van der Waals surface area contributed by atoms with Crippen LogP contribution in [-0.2, 0) is 9.53 Å². The van der Waals surface area contributed by atoms with E-state index in [9.17, 15) is 4.79 Å². The molecule has 1 aliphatic rings. The summed E-state index contributed by atoms with van der Waals surface area (Å²) in [5.41, 5.74) is 0. The molecule has 1 heterocycles. The van der Waals surface area contributed by atoms with E-state index in [-0.39, 0.29) is 12.0 Å². The third kappa shape index (κ3) is 7.22. The molecule has 1 atom stereocenters. The second-order valence-corrected chi connectivity index (χ2v) is 5.69. The molecule has 0 spiro atoms. The van der Waals surface area contributed by atoms with Gasteiger partial charge in [-0.15, -0.1) is 0 Å². The maximum atomic E-state index is 11.9. The Balaban J connectivity index is 2.15. The first-order chi connectivity index (χ1) is 9.63. The molecule has 20 heavy (non-hydrogen) atoms. The van der Waals surface area contributed by atoms with Gasteiger partial charge in [0.1, 0.15) is 0 Å². The van der Waals surface area contributed by atoms with Crippen LogP contribution in [0.15, 0.2) is 0 Å². The average Bonchev–Trinajstić information content (AvgIpc) is 2.45. The summed E-state index contributed by atoms with van der Waals surface area (Å²) in [6.07, 6.45) is 3.53. The van der Waals surface area contributed by atoms with Gasteiger partial charge in [0, 0.05) is 25.7 Å². The van der Waals surface area contributed by atoms with Crippen molar-refractivity contribution in [1.29, 1.82) is 0 Å². The zero-order valence-corrected chi connectivity index (χ0v) is 13.3. The maximum absolute atomic E-state index is 11.9. The number of rotatable bonds is 9. The fraction of sp³-hybridized carbons (Fsp3) is 0.933. The van der Waals surface area contributed by atoms with E-state index in [2.05, 4.69) is 22.5 Å². The smallest absolute Gasteiger partial charge is 0.234 e. The molecule has 0 aromatic heterocycles. The third-order valence-corrected chi connectivity index (χ3v) is 3.63. The molecule has 0 saturated carbocycles. The largest absolute Gasteiger partial charge is 0.379 e. The van der Waals surface area contributed by atoms with Gasteiger partial charge in [0.05, 0.1) is 12.6 Å². The van der Waals surface area contributed by atoms with Crippen LogP contribution in [0.1, 0.15) is 40.0 Å². The van der Waals surface area contributed by atoms with Gasteiger partial charge < -0.3 is 15.4 Å². The number of carbonyl (C=O) groups excluding carboxylic acids is 1. The number of hydrogen-bond donors (Lipinski definition) is 2. The minimum Gasteiger partial charge on any atom is -0.379 e. The lowest BCUT2D eigenvalue weighted by Crippen LogP contribution is -2.49. The van der Waals surface area contributed by atoms with Gasteiger partial charge >= 0.3 is 0 Å². The first kappa shape index (κ1) is 17.4. The lowest BCUT2D eigenvalue weighted by Gasteiger charge is -2.33. The second kappa shape index (κ2) is 10.1. The van der Waals surface area contributed by atoms with Crippen molar-refractivity contribution in [2.75, 3.05) is 39.3 Å². The van der Waals surface area contributed by atoms with Crippen molar-refractivity contribution in [2.45, 2.75) is 52.2 Å². The highest BCUT2D eigenvalue weighted by atomic mass is 16.5. The Kier molecular flexibility index (Phi) is 8.82. The zero-order chi connectivity index (χ0) is 14.8. The van der Waals surface area contributed by atoms with Crippen molar-refractivity contribution >= 4 is 5.91 Å². The topological polar surface area (TPSA) is 53.6 Å². The lowest BCUT2D eigenvalue weighted by atomic mass is 10.1. The summed E-state index contributed by atoms with van der Waals surface area (Å²) in [5.74, 6) is 0.127. The Bertz CT molecular complexity index is 266. The molecule has 2 N–H and O–H groups in total. The summed E-state index contributed by atoms with van der Waals surface area (Å²) in [5, 5.41) is 6.38. The van der Waals surface area contributed by atoms with E-state index in [1.165, 1.54) is 12.8 Å². The number of amides is 1. The van der Waals surface area contributed by atoms with Gasteiger partial charge in [-0.05, 0) is 46.2 Å². The normalized spacial score (nSPS) is 19.6. The molecule has 118 valence electrons. The van der Waals surface area contributed by atoms with Crippen molar-refractivity contribution < 1.29 is 9.53 Å². The molecule has 0 bridgehead atoms. The summed E-state index contributed by atoms with van der Waals surface area (Å²) in [6, 6.07) is 0.503. The SMILES string of the molecule is CCN(CC(=O)NCCCOC(C)C)C1CCCNC1. The van der Waals surface area contributed by atoms with E-state index in [0.717, 1.165) is 26.1 Å². The summed E-state index contributed by atoms with van der Waals surface area (Å²) >= 11 is 0. The molecule has 0 aliphatic carbocycles. The number of nitrogens with one attached hydrogen (secondary N) is 2. The van der Waals surface area contributed by atoms with Crippen LogP contribution in [0.2, 0.25) is 0 Å². The van der Waals surface area contributed by atoms with Crippen molar-refractivity contribution in [3.8, 4) is 0 Å². The highest BCUT2D eigenvalue weighted by Crippen LogP contribution is 2.09. The third-order valence-electron chi connectivity index (χ3n) is 3.63. The van der Waals surface area contributed by atoms with Gasteiger partial charge in [-0.1, -0.05) is 6.92 Å². The molecular formula is C15H31N3O2. The second-order valence-electron chi connectivity index (χ2n) is 5.69.